The first-order chi connectivity index (χ1) is 12.6. The highest BCUT2D eigenvalue weighted by atomic mass is 19.1. The zero-order chi connectivity index (χ0) is 18.1. The Morgan fingerprint density at radius 3 is 2.85 bits per heavy atom. The van der Waals surface area contributed by atoms with Crippen LogP contribution in [0.1, 0.15) is 36.8 Å². The van der Waals surface area contributed by atoms with Crippen molar-refractivity contribution in [2.75, 3.05) is 0 Å². The summed E-state index contributed by atoms with van der Waals surface area (Å²) in [6.07, 6.45) is 9.17. The lowest BCUT2D eigenvalue weighted by Gasteiger charge is -2.11. The minimum absolute atomic E-state index is 0.209. The number of rotatable bonds is 4. The molecule has 0 fully saturated rings. The number of nitrogens with one attached hydrogen (secondary N) is 1. The maximum absolute atomic E-state index is 14.1. The van der Waals surface area contributed by atoms with E-state index >= 15 is 0 Å². The van der Waals surface area contributed by atoms with Crippen molar-refractivity contribution in [3.05, 3.63) is 75.8 Å². The third kappa shape index (κ3) is 3.05. The Bertz CT molecular complexity index is 1020. The smallest absolute Gasteiger partial charge is 0.287 e. The largest absolute Gasteiger partial charge is 0.364 e. The second-order valence-corrected chi connectivity index (χ2v) is 5.97. The molecule has 4 rings (SSSR count). The number of aliphatic imine (C=N–C) groups is 1. The van der Waals surface area contributed by atoms with Crippen molar-refractivity contribution in [3.8, 4) is 0 Å². The molecule has 0 amide bonds. The molecule has 1 aliphatic heterocycles. The van der Waals surface area contributed by atoms with Crippen LogP contribution in [0.4, 0.5) is 8.78 Å². The summed E-state index contributed by atoms with van der Waals surface area (Å²) in [4.78, 5) is 22.3. The molecule has 3 heterocycles. The molecule has 2 aromatic heterocycles. The average molecular weight is 356 g/mol. The standard InChI is InChI=1S/C18H14F2N4O2/c19-12-4-2-1-3-10(12)7-15-11(14-5-6-26-24-14)8-16(22-15)17-21-9-13(20)18(25)23-17/h3-6,8-9,16H,1-2,7H2,(H,21,23,25). The highest BCUT2D eigenvalue weighted by Gasteiger charge is 2.26. The first-order valence-corrected chi connectivity index (χ1v) is 8.11. The number of nitrogens with zero attached hydrogens (tertiary/aromatic N) is 3. The highest BCUT2D eigenvalue weighted by Crippen LogP contribution is 2.34. The Morgan fingerprint density at radius 2 is 2.12 bits per heavy atom. The molecule has 26 heavy (non-hydrogen) atoms. The van der Waals surface area contributed by atoms with Crippen molar-refractivity contribution >= 4 is 11.3 Å². The van der Waals surface area contributed by atoms with E-state index in [4.69, 9.17) is 4.52 Å². The quantitative estimate of drug-likeness (QED) is 0.909. The van der Waals surface area contributed by atoms with Crippen LogP contribution in [0.5, 0.6) is 0 Å². The minimum Gasteiger partial charge on any atom is -0.364 e. The number of aromatic amines is 1. The molecule has 0 bridgehead atoms. The zero-order valence-corrected chi connectivity index (χ0v) is 13.6. The number of allylic oxidation sites excluding steroid dienone is 5. The molecule has 0 aromatic carbocycles. The van der Waals surface area contributed by atoms with E-state index in [0.29, 0.717) is 29.0 Å². The molecule has 8 heteroatoms. The lowest BCUT2D eigenvalue weighted by atomic mass is 9.96. The van der Waals surface area contributed by atoms with Gasteiger partial charge in [0.15, 0.2) is 0 Å². The van der Waals surface area contributed by atoms with Crippen molar-refractivity contribution in [2.24, 2.45) is 4.99 Å². The third-order valence-electron chi connectivity index (χ3n) is 4.25. The predicted molar refractivity (Wildman–Crippen MR) is 90.6 cm³/mol. The van der Waals surface area contributed by atoms with Gasteiger partial charge in [-0.15, -0.1) is 0 Å². The van der Waals surface area contributed by atoms with Gasteiger partial charge in [-0.05, 0) is 30.6 Å². The van der Waals surface area contributed by atoms with Gasteiger partial charge in [0.2, 0.25) is 5.82 Å². The number of aromatic nitrogens is 3. The molecule has 1 atom stereocenters. The minimum atomic E-state index is -0.962. The zero-order valence-electron chi connectivity index (χ0n) is 13.6. The Labute approximate surface area is 146 Å². The lowest BCUT2D eigenvalue weighted by Crippen LogP contribution is -2.15. The molecule has 132 valence electrons. The number of hydrogen-bond acceptors (Lipinski definition) is 5. The van der Waals surface area contributed by atoms with Gasteiger partial charge >= 0.3 is 0 Å². The van der Waals surface area contributed by atoms with Gasteiger partial charge in [-0.2, -0.15) is 4.39 Å². The summed E-state index contributed by atoms with van der Waals surface area (Å²) in [6, 6.07) is 1.06. The summed E-state index contributed by atoms with van der Waals surface area (Å²) in [7, 11) is 0. The van der Waals surface area contributed by atoms with E-state index in [-0.39, 0.29) is 18.1 Å². The van der Waals surface area contributed by atoms with Crippen molar-refractivity contribution in [1.29, 1.82) is 0 Å². The summed E-state index contributed by atoms with van der Waals surface area (Å²) in [5, 5.41) is 3.92. The molecule has 1 unspecified atom stereocenters. The molecule has 0 radical (unpaired) electrons. The number of hydrogen-bond donors (Lipinski definition) is 1. The molecule has 0 spiro atoms. The second-order valence-electron chi connectivity index (χ2n) is 5.97. The van der Waals surface area contributed by atoms with Crippen molar-refractivity contribution in [2.45, 2.75) is 25.3 Å². The van der Waals surface area contributed by atoms with Gasteiger partial charge in [-0.25, -0.2) is 9.37 Å². The van der Waals surface area contributed by atoms with Crippen LogP contribution in [-0.2, 0) is 0 Å². The van der Waals surface area contributed by atoms with E-state index in [0.717, 1.165) is 12.6 Å². The van der Waals surface area contributed by atoms with Crippen LogP contribution in [0.25, 0.3) is 5.57 Å². The SMILES string of the molecule is O=c1[nH]c(C2C=C(c3ccon3)C(CC3=CCCC=C3F)=N2)ncc1F. The van der Waals surface area contributed by atoms with Crippen LogP contribution in [0.3, 0.4) is 0 Å². The molecular weight excluding hydrogens is 342 g/mol. The van der Waals surface area contributed by atoms with E-state index in [1.165, 1.54) is 6.26 Å². The van der Waals surface area contributed by atoms with E-state index in [1.807, 2.05) is 6.08 Å². The Hall–Kier alpha value is -3.16. The van der Waals surface area contributed by atoms with Crippen LogP contribution < -0.4 is 5.56 Å². The van der Waals surface area contributed by atoms with Crippen LogP contribution in [0, 0.1) is 5.82 Å². The average Bonchev–Trinajstić information content (AvgIpc) is 3.29. The summed E-state index contributed by atoms with van der Waals surface area (Å²) < 4.78 is 32.1. The molecule has 2 aromatic rings. The topological polar surface area (TPSA) is 84.1 Å². The fourth-order valence-corrected chi connectivity index (χ4v) is 2.97. The van der Waals surface area contributed by atoms with Crippen LogP contribution >= 0.6 is 0 Å². The van der Waals surface area contributed by atoms with E-state index in [2.05, 4.69) is 20.1 Å². The highest BCUT2D eigenvalue weighted by molar-refractivity contribution is 6.25. The number of H-pyrrole nitrogens is 1. The molecule has 0 saturated heterocycles. The van der Waals surface area contributed by atoms with Crippen molar-refractivity contribution < 1.29 is 13.3 Å². The maximum Gasteiger partial charge on any atom is 0.287 e. The predicted octanol–water partition coefficient (Wildman–Crippen LogP) is 3.44. The molecule has 0 saturated carbocycles. The molecule has 1 N–H and O–H groups in total. The van der Waals surface area contributed by atoms with Crippen molar-refractivity contribution in [1.82, 2.24) is 15.1 Å². The lowest BCUT2D eigenvalue weighted by molar-refractivity contribution is 0.418. The van der Waals surface area contributed by atoms with Gasteiger partial charge in [0.05, 0.1) is 6.20 Å². The maximum atomic E-state index is 14.1. The summed E-state index contributed by atoms with van der Waals surface area (Å²) in [5.41, 5.74) is 1.53. The van der Waals surface area contributed by atoms with Gasteiger partial charge in [-0.1, -0.05) is 11.2 Å². The van der Waals surface area contributed by atoms with Crippen molar-refractivity contribution in [3.63, 3.8) is 0 Å². The normalized spacial score (nSPS) is 19.7. The fraction of sp³-hybridized carbons (Fsp3) is 0.222. The molecular formula is C18H14F2N4O2. The molecule has 6 nitrogen and oxygen atoms in total. The van der Waals surface area contributed by atoms with E-state index in [9.17, 15) is 13.6 Å². The molecule has 2 aliphatic rings. The van der Waals surface area contributed by atoms with E-state index < -0.39 is 17.4 Å². The first kappa shape index (κ1) is 16.3. The van der Waals surface area contributed by atoms with Gasteiger partial charge < -0.3 is 9.51 Å². The van der Waals surface area contributed by atoms with Gasteiger partial charge in [0, 0.05) is 23.8 Å². The van der Waals surface area contributed by atoms with Crippen LogP contribution in [0.15, 0.2) is 62.5 Å². The fourth-order valence-electron chi connectivity index (χ4n) is 2.97. The van der Waals surface area contributed by atoms with Gasteiger partial charge in [0.1, 0.15) is 29.7 Å². The van der Waals surface area contributed by atoms with E-state index in [1.54, 1.807) is 18.2 Å². The van der Waals surface area contributed by atoms with Gasteiger partial charge in [-0.3, -0.25) is 9.79 Å². The summed E-state index contributed by atoms with van der Waals surface area (Å²) >= 11 is 0. The van der Waals surface area contributed by atoms with Crippen LogP contribution in [0.2, 0.25) is 0 Å². The first-order valence-electron chi connectivity index (χ1n) is 8.11. The van der Waals surface area contributed by atoms with Gasteiger partial charge in [0.25, 0.3) is 5.56 Å². The third-order valence-corrected chi connectivity index (χ3v) is 4.25. The Balaban J connectivity index is 1.71. The summed E-state index contributed by atoms with van der Waals surface area (Å²) in [5.74, 6) is -1.01. The van der Waals surface area contributed by atoms with Crippen LogP contribution in [-0.4, -0.2) is 20.8 Å². The number of halogens is 2. The Morgan fingerprint density at radius 1 is 1.27 bits per heavy atom. The Kier molecular flexibility index (Phi) is 4.16. The summed E-state index contributed by atoms with van der Waals surface area (Å²) in [6.45, 7) is 0. The molecule has 1 aliphatic carbocycles. The monoisotopic (exact) mass is 356 g/mol. The second kappa shape index (κ2) is 6.62.